The van der Waals surface area contributed by atoms with E-state index in [1.165, 1.54) is 6.42 Å². The summed E-state index contributed by atoms with van der Waals surface area (Å²) in [6, 6.07) is 15.1. The number of hydrogen-bond acceptors (Lipinski definition) is 5. The van der Waals surface area contributed by atoms with Gasteiger partial charge in [-0.3, -0.25) is 14.5 Å². The van der Waals surface area contributed by atoms with Crippen LogP contribution in [0.4, 0.5) is 0 Å². The number of amides is 2. The minimum Gasteiger partial charge on any atom is -0.497 e. The zero-order valence-corrected chi connectivity index (χ0v) is 21.4. The van der Waals surface area contributed by atoms with Gasteiger partial charge in [0.15, 0.2) is 0 Å². The molecule has 0 atom stereocenters. The van der Waals surface area contributed by atoms with E-state index >= 15 is 0 Å². The monoisotopic (exact) mass is 491 g/mol. The van der Waals surface area contributed by atoms with Crippen molar-refractivity contribution in [3.8, 4) is 11.5 Å². The van der Waals surface area contributed by atoms with Gasteiger partial charge in [0, 0.05) is 62.9 Å². The first-order valence-corrected chi connectivity index (χ1v) is 12.8. The Morgan fingerprint density at radius 1 is 0.972 bits per heavy atom. The van der Waals surface area contributed by atoms with Crippen molar-refractivity contribution in [2.45, 2.75) is 19.3 Å². The Kier molecular flexibility index (Phi) is 9.01. The zero-order valence-electron chi connectivity index (χ0n) is 21.4. The molecule has 4 rings (SSSR count). The molecule has 0 N–H and O–H groups in total. The number of piperazine rings is 1. The van der Waals surface area contributed by atoms with E-state index in [2.05, 4.69) is 4.90 Å². The minimum atomic E-state index is -0.0128. The third-order valence-corrected chi connectivity index (χ3v) is 7.21. The highest BCUT2D eigenvalue weighted by atomic mass is 16.5. The van der Waals surface area contributed by atoms with Gasteiger partial charge in [-0.05, 0) is 43.2 Å². The fraction of sp³-hybridized carbons (Fsp3) is 0.448. The molecule has 2 fully saturated rings. The van der Waals surface area contributed by atoms with Crippen molar-refractivity contribution in [1.82, 2.24) is 14.7 Å². The molecular weight excluding hydrogens is 454 g/mol. The van der Waals surface area contributed by atoms with Gasteiger partial charge in [0.05, 0.1) is 14.2 Å². The second-order valence-electron chi connectivity index (χ2n) is 9.42. The molecule has 192 valence electrons. The zero-order chi connectivity index (χ0) is 25.3. The molecule has 1 aliphatic heterocycles. The Morgan fingerprint density at radius 3 is 2.33 bits per heavy atom. The average molecular weight is 492 g/mol. The van der Waals surface area contributed by atoms with Gasteiger partial charge in [-0.2, -0.15) is 0 Å². The first kappa shape index (κ1) is 25.8. The molecule has 7 nitrogen and oxygen atoms in total. The van der Waals surface area contributed by atoms with Crippen molar-refractivity contribution >= 4 is 17.9 Å². The molecule has 0 aromatic heterocycles. The van der Waals surface area contributed by atoms with Crippen LogP contribution in [0.5, 0.6) is 11.5 Å². The molecule has 2 aromatic carbocycles. The van der Waals surface area contributed by atoms with E-state index in [1.807, 2.05) is 70.5 Å². The van der Waals surface area contributed by atoms with Crippen molar-refractivity contribution in [1.29, 1.82) is 0 Å². The number of methoxy groups -OCH3 is 2. The fourth-order valence-electron chi connectivity index (χ4n) is 4.67. The molecule has 2 amide bonds. The van der Waals surface area contributed by atoms with Crippen LogP contribution in [-0.2, 0) is 4.79 Å². The van der Waals surface area contributed by atoms with Gasteiger partial charge in [-0.15, -0.1) is 0 Å². The summed E-state index contributed by atoms with van der Waals surface area (Å²) in [5.74, 6) is 2.10. The van der Waals surface area contributed by atoms with Crippen LogP contribution in [0.1, 0.15) is 35.2 Å². The van der Waals surface area contributed by atoms with Gasteiger partial charge in [-0.25, -0.2) is 0 Å². The molecule has 0 radical (unpaired) electrons. The van der Waals surface area contributed by atoms with Crippen molar-refractivity contribution in [3.63, 3.8) is 0 Å². The van der Waals surface area contributed by atoms with Gasteiger partial charge in [-0.1, -0.05) is 36.8 Å². The van der Waals surface area contributed by atoms with Gasteiger partial charge in [0.25, 0.3) is 5.91 Å². The van der Waals surface area contributed by atoms with Crippen LogP contribution in [0.15, 0.2) is 54.6 Å². The predicted octanol–water partition coefficient (Wildman–Crippen LogP) is 3.80. The summed E-state index contributed by atoms with van der Waals surface area (Å²) in [7, 11) is 3.27. The molecule has 1 aliphatic carbocycles. The van der Waals surface area contributed by atoms with Crippen LogP contribution < -0.4 is 9.47 Å². The summed E-state index contributed by atoms with van der Waals surface area (Å²) in [6.45, 7) is 5.11. The summed E-state index contributed by atoms with van der Waals surface area (Å²) in [6.07, 6.45) is 7.28. The molecule has 0 bridgehead atoms. The van der Waals surface area contributed by atoms with Crippen LogP contribution in [0.25, 0.3) is 6.08 Å². The highest BCUT2D eigenvalue weighted by Gasteiger charge is 2.31. The topological polar surface area (TPSA) is 62.3 Å². The van der Waals surface area contributed by atoms with E-state index in [9.17, 15) is 9.59 Å². The maximum Gasteiger partial charge on any atom is 0.254 e. The number of hydrogen-bond donors (Lipinski definition) is 0. The third kappa shape index (κ3) is 6.46. The standard InChI is InChI=1S/C29H37N3O4/c1-35-26-14-12-25(13-15-26)29(34)31(16-6-10-23-7-3-4-11-27(23)36-2)20-17-30-18-21-32(22-19-30)28(33)24-8-5-9-24/h3-4,6-7,10-15,24H,5,8-9,16-22H2,1-2H3/b10-6+. The Hall–Kier alpha value is -3.32. The maximum atomic E-state index is 13.4. The number of carbonyl (C=O) groups excluding carboxylic acids is 2. The number of rotatable bonds is 10. The van der Waals surface area contributed by atoms with Gasteiger partial charge in [0.1, 0.15) is 11.5 Å². The summed E-state index contributed by atoms with van der Waals surface area (Å²) >= 11 is 0. The van der Waals surface area contributed by atoms with E-state index in [1.54, 1.807) is 14.2 Å². The Labute approximate surface area is 214 Å². The molecule has 1 heterocycles. The Balaban J connectivity index is 1.37. The van der Waals surface area contributed by atoms with Crippen LogP contribution in [0, 0.1) is 5.92 Å². The lowest BCUT2D eigenvalue weighted by Gasteiger charge is -2.38. The van der Waals surface area contributed by atoms with Crippen molar-refractivity contribution < 1.29 is 19.1 Å². The fourth-order valence-corrected chi connectivity index (χ4v) is 4.67. The SMILES string of the molecule is COc1ccc(C(=O)N(C/C=C/c2ccccc2OC)CCN2CCN(C(=O)C3CCC3)CC2)cc1. The molecule has 36 heavy (non-hydrogen) atoms. The van der Waals surface area contributed by atoms with Crippen LogP contribution in [-0.4, -0.2) is 86.5 Å². The number of ether oxygens (including phenoxy) is 2. The van der Waals surface area contributed by atoms with Gasteiger partial charge in [0.2, 0.25) is 5.91 Å². The van der Waals surface area contributed by atoms with E-state index in [0.29, 0.717) is 24.6 Å². The lowest BCUT2D eigenvalue weighted by atomic mass is 9.84. The average Bonchev–Trinajstić information content (AvgIpc) is 2.89. The van der Waals surface area contributed by atoms with E-state index < -0.39 is 0 Å². The second-order valence-corrected chi connectivity index (χ2v) is 9.42. The highest BCUT2D eigenvalue weighted by Crippen LogP contribution is 2.28. The summed E-state index contributed by atoms with van der Waals surface area (Å²) in [4.78, 5) is 32.2. The molecule has 1 saturated heterocycles. The minimum absolute atomic E-state index is 0.0128. The van der Waals surface area contributed by atoms with Crippen molar-refractivity contribution in [2.75, 3.05) is 60.0 Å². The summed E-state index contributed by atoms with van der Waals surface area (Å²) in [5.41, 5.74) is 1.61. The number of carbonyl (C=O) groups is 2. The first-order valence-electron chi connectivity index (χ1n) is 12.8. The van der Waals surface area contributed by atoms with Crippen molar-refractivity contribution in [3.05, 3.63) is 65.7 Å². The predicted molar refractivity (Wildman–Crippen MR) is 141 cm³/mol. The van der Waals surface area contributed by atoms with E-state index in [-0.39, 0.29) is 11.8 Å². The Bertz CT molecular complexity index is 1040. The van der Waals surface area contributed by atoms with Crippen molar-refractivity contribution in [2.24, 2.45) is 5.92 Å². The molecule has 2 aromatic rings. The molecule has 2 aliphatic rings. The van der Waals surface area contributed by atoms with Crippen LogP contribution >= 0.6 is 0 Å². The number of benzene rings is 2. The molecular formula is C29H37N3O4. The lowest BCUT2D eigenvalue weighted by Crippen LogP contribution is -2.52. The number of nitrogens with zero attached hydrogens (tertiary/aromatic N) is 3. The molecule has 7 heteroatoms. The summed E-state index contributed by atoms with van der Waals surface area (Å²) < 4.78 is 10.7. The maximum absolute atomic E-state index is 13.4. The van der Waals surface area contributed by atoms with E-state index in [4.69, 9.17) is 9.47 Å². The largest absolute Gasteiger partial charge is 0.497 e. The highest BCUT2D eigenvalue weighted by molar-refractivity contribution is 5.94. The molecule has 1 saturated carbocycles. The lowest BCUT2D eigenvalue weighted by molar-refractivity contribution is -0.139. The Morgan fingerprint density at radius 2 is 1.69 bits per heavy atom. The summed E-state index contributed by atoms with van der Waals surface area (Å²) in [5, 5.41) is 0. The first-order chi connectivity index (χ1) is 17.6. The van der Waals surface area contributed by atoms with Crippen LogP contribution in [0.2, 0.25) is 0 Å². The third-order valence-electron chi connectivity index (χ3n) is 7.21. The van der Waals surface area contributed by atoms with E-state index in [0.717, 1.165) is 62.6 Å². The molecule has 0 spiro atoms. The van der Waals surface area contributed by atoms with Gasteiger partial charge < -0.3 is 19.3 Å². The smallest absolute Gasteiger partial charge is 0.254 e. The number of para-hydroxylation sites is 1. The quantitative estimate of drug-likeness (QED) is 0.506. The van der Waals surface area contributed by atoms with Crippen LogP contribution in [0.3, 0.4) is 0 Å². The normalized spacial score (nSPS) is 16.6. The molecule has 0 unspecified atom stereocenters. The second kappa shape index (κ2) is 12.6. The van der Waals surface area contributed by atoms with Gasteiger partial charge >= 0.3 is 0 Å².